The van der Waals surface area contributed by atoms with Crippen LogP contribution in [0.4, 0.5) is 5.69 Å². The summed E-state index contributed by atoms with van der Waals surface area (Å²) < 4.78 is 1.58. The molecule has 1 aromatic carbocycles. The fraction of sp³-hybridized carbons (Fsp3) is 0.286. The highest BCUT2D eigenvalue weighted by Gasteiger charge is 2.37. The summed E-state index contributed by atoms with van der Waals surface area (Å²) in [6, 6.07) is 14.5. The molecule has 3 unspecified atom stereocenters. The Morgan fingerprint density at radius 3 is 2.73 bits per heavy atom. The third-order valence-electron chi connectivity index (χ3n) is 6.00. The number of nitrogens with one attached hydrogen (secondary N) is 2. The summed E-state index contributed by atoms with van der Waals surface area (Å²) in [6.45, 7) is 1.44. The lowest BCUT2D eigenvalue weighted by molar-refractivity contribution is -0.992. The van der Waals surface area contributed by atoms with Crippen LogP contribution in [0.5, 0.6) is 0 Å². The highest BCUT2D eigenvalue weighted by Crippen LogP contribution is 2.35. The molecule has 2 aliphatic rings. The second-order valence-electron chi connectivity index (χ2n) is 7.93. The molecule has 0 spiro atoms. The minimum Gasteiger partial charge on any atom is -0.595 e. The van der Waals surface area contributed by atoms with E-state index < -0.39 is 10.8 Å². The first-order valence-corrected chi connectivity index (χ1v) is 9.88. The van der Waals surface area contributed by atoms with Crippen LogP contribution in [-0.2, 0) is 6.54 Å². The highest BCUT2D eigenvalue weighted by atomic mass is 16.8. The van der Waals surface area contributed by atoms with E-state index in [4.69, 9.17) is 0 Å². The predicted molar refractivity (Wildman–Crippen MR) is 107 cm³/mol. The van der Waals surface area contributed by atoms with E-state index in [2.05, 4.69) is 10.2 Å². The smallest absolute Gasteiger partial charge is 0.315 e. The Labute approximate surface area is 171 Å². The second kappa shape index (κ2) is 7.21. The van der Waals surface area contributed by atoms with Gasteiger partial charge in [0, 0.05) is 42.9 Å². The van der Waals surface area contributed by atoms with Crippen LogP contribution in [0.3, 0.4) is 0 Å². The number of aromatic nitrogens is 3. The normalized spacial score (nSPS) is 21.2. The number of piperidine rings is 1. The van der Waals surface area contributed by atoms with E-state index in [-0.39, 0.29) is 23.4 Å². The van der Waals surface area contributed by atoms with E-state index in [0.717, 1.165) is 17.7 Å². The van der Waals surface area contributed by atoms with Crippen molar-refractivity contribution < 1.29 is 15.2 Å². The molecule has 3 atom stereocenters. The van der Waals surface area contributed by atoms with Crippen LogP contribution >= 0.6 is 0 Å². The van der Waals surface area contributed by atoms with Crippen molar-refractivity contribution in [1.29, 1.82) is 0 Å². The molecule has 2 bridgehead atoms. The molecule has 9 heteroatoms. The molecule has 1 amide bonds. The topological polar surface area (TPSA) is 119 Å². The Morgan fingerprint density at radius 2 is 1.97 bits per heavy atom. The van der Waals surface area contributed by atoms with Gasteiger partial charge in [-0.2, -0.15) is 10.3 Å². The quantitative estimate of drug-likeness (QED) is 0.558. The van der Waals surface area contributed by atoms with Gasteiger partial charge in [-0.25, -0.2) is 5.21 Å². The molecule has 5 rings (SSSR count). The van der Waals surface area contributed by atoms with Crippen LogP contribution in [0.25, 0.3) is 11.3 Å². The average Bonchev–Trinajstić information content (AvgIpc) is 3.24. The largest absolute Gasteiger partial charge is 0.595 e. The maximum Gasteiger partial charge on any atom is 0.315 e. The summed E-state index contributed by atoms with van der Waals surface area (Å²) >= 11 is 0. The average molecular weight is 407 g/mol. The SMILES string of the molecule is O=C(c1cc(-c2ccccc2)n[nH]1)N1CC2CC(C1)c1ccc([NH+]([O-])O)c(=O)n1C2. The summed E-state index contributed by atoms with van der Waals surface area (Å²) in [6.07, 6.45) is 0.883. The van der Waals surface area contributed by atoms with Gasteiger partial charge >= 0.3 is 5.56 Å². The molecular weight excluding hydrogens is 386 g/mol. The number of hydrogen-bond donors (Lipinski definition) is 3. The first kappa shape index (κ1) is 18.7. The number of hydrogen-bond acceptors (Lipinski definition) is 5. The van der Waals surface area contributed by atoms with Crippen LogP contribution in [0.1, 0.15) is 28.5 Å². The van der Waals surface area contributed by atoms with E-state index in [0.29, 0.717) is 31.0 Å². The number of benzene rings is 1. The monoisotopic (exact) mass is 407 g/mol. The van der Waals surface area contributed by atoms with E-state index in [1.54, 1.807) is 21.6 Å². The molecule has 0 saturated carbocycles. The lowest BCUT2D eigenvalue weighted by atomic mass is 9.83. The summed E-state index contributed by atoms with van der Waals surface area (Å²) in [7, 11) is 0. The van der Waals surface area contributed by atoms with Gasteiger partial charge in [0.15, 0.2) is 0 Å². The number of carbonyl (C=O) groups excluding carboxylic acids is 1. The molecule has 3 aromatic rings. The van der Waals surface area contributed by atoms with Crippen molar-refractivity contribution in [2.24, 2.45) is 5.92 Å². The van der Waals surface area contributed by atoms with Gasteiger partial charge < -0.3 is 14.7 Å². The van der Waals surface area contributed by atoms with Crippen LogP contribution < -0.4 is 10.8 Å². The predicted octanol–water partition coefficient (Wildman–Crippen LogP) is 0.901. The van der Waals surface area contributed by atoms with Crippen molar-refractivity contribution >= 4 is 11.6 Å². The molecule has 1 fully saturated rings. The Morgan fingerprint density at radius 1 is 1.17 bits per heavy atom. The van der Waals surface area contributed by atoms with Gasteiger partial charge in [0.2, 0.25) is 5.69 Å². The summed E-state index contributed by atoms with van der Waals surface area (Å²) in [5.41, 5.74) is 2.22. The van der Waals surface area contributed by atoms with E-state index in [1.165, 1.54) is 6.07 Å². The lowest BCUT2D eigenvalue weighted by Crippen LogP contribution is -3.00. The zero-order chi connectivity index (χ0) is 20.8. The molecule has 0 radical (unpaired) electrons. The molecule has 1 saturated heterocycles. The molecule has 9 nitrogen and oxygen atoms in total. The number of H-pyrrole nitrogens is 1. The first-order chi connectivity index (χ1) is 14.5. The van der Waals surface area contributed by atoms with Crippen molar-refractivity contribution in [3.8, 4) is 11.3 Å². The first-order valence-electron chi connectivity index (χ1n) is 9.88. The Balaban J connectivity index is 1.39. The van der Waals surface area contributed by atoms with Gasteiger partial charge in [0.25, 0.3) is 5.91 Å². The number of amides is 1. The van der Waals surface area contributed by atoms with Crippen LogP contribution in [-0.4, -0.2) is 43.9 Å². The third-order valence-corrected chi connectivity index (χ3v) is 6.00. The van der Waals surface area contributed by atoms with E-state index >= 15 is 0 Å². The van der Waals surface area contributed by atoms with Crippen molar-refractivity contribution in [3.05, 3.63) is 75.5 Å². The number of fused-ring (bicyclic) bond motifs is 4. The van der Waals surface area contributed by atoms with Gasteiger partial charge in [-0.05, 0) is 24.5 Å². The fourth-order valence-electron chi connectivity index (χ4n) is 4.63. The van der Waals surface area contributed by atoms with Gasteiger partial charge in [0.05, 0.1) is 5.69 Å². The van der Waals surface area contributed by atoms with Crippen LogP contribution in [0.2, 0.25) is 0 Å². The highest BCUT2D eigenvalue weighted by molar-refractivity contribution is 5.93. The van der Waals surface area contributed by atoms with Crippen molar-refractivity contribution in [2.75, 3.05) is 13.1 Å². The zero-order valence-corrected chi connectivity index (χ0v) is 16.1. The number of nitrogens with zero attached hydrogens (tertiary/aromatic N) is 3. The Kier molecular flexibility index (Phi) is 4.50. The summed E-state index contributed by atoms with van der Waals surface area (Å²) in [5, 5.41) is 26.4. The van der Waals surface area contributed by atoms with Gasteiger partial charge in [-0.15, -0.1) is 0 Å². The maximum absolute atomic E-state index is 13.1. The van der Waals surface area contributed by atoms with Crippen molar-refractivity contribution in [2.45, 2.75) is 18.9 Å². The Bertz CT molecular complexity index is 1150. The standard InChI is InChI=1S/C21H21N5O4/c27-20(17-9-16(22-23-17)14-4-2-1-3-5-14)24-10-13-8-15(12-24)18-6-7-19(26(29)30)21(28)25(18)11-13/h1-7,9,13,15,26,29H,8,10-12H2,(H,22,23). The summed E-state index contributed by atoms with van der Waals surface area (Å²) in [4.78, 5) is 27.5. The molecule has 30 heavy (non-hydrogen) atoms. The molecule has 3 N–H and O–H groups in total. The molecule has 154 valence electrons. The van der Waals surface area contributed by atoms with Crippen molar-refractivity contribution in [1.82, 2.24) is 19.7 Å². The van der Waals surface area contributed by atoms with Crippen molar-refractivity contribution in [3.63, 3.8) is 0 Å². The van der Waals surface area contributed by atoms with Crippen LogP contribution in [0, 0.1) is 11.1 Å². The van der Waals surface area contributed by atoms with Gasteiger partial charge in [0.1, 0.15) is 5.69 Å². The van der Waals surface area contributed by atoms with Gasteiger partial charge in [-0.3, -0.25) is 14.7 Å². The van der Waals surface area contributed by atoms with E-state index in [1.807, 2.05) is 30.3 Å². The molecule has 2 aromatic heterocycles. The Hall–Kier alpha value is -3.27. The van der Waals surface area contributed by atoms with Crippen LogP contribution in [0.15, 0.2) is 53.3 Å². The molecular formula is C21H21N5O4. The van der Waals surface area contributed by atoms with Gasteiger partial charge in [-0.1, -0.05) is 30.3 Å². The van der Waals surface area contributed by atoms with E-state index in [9.17, 15) is 20.0 Å². The maximum atomic E-state index is 13.1. The fourth-order valence-corrected chi connectivity index (χ4v) is 4.63. The minimum absolute atomic E-state index is 0.00788. The number of aromatic amines is 1. The lowest BCUT2D eigenvalue weighted by Gasteiger charge is -2.42. The number of carbonyl (C=O) groups is 1. The number of pyridine rings is 1. The second-order valence-corrected chi connectivity index (χ2v) is 7.93. The minimum atomic E-state index is -1.21. The molecule has 4 heterocycles. The number of quaternary nitrogens is 1. The molecule has 0 aliphatic carbocycles. The number of likely N-dealkylation sites (tertiary alicyclic amines) is 1. The molecule has 2 aliphatic heterocycles. The third kappa shape index (κ3) is 3.13. The zero-order valence-electron chi connectivity index (χ0n) is 16.1. The number of rotatable bonds is 3. The summed E-state index contributed by atoms with van der Waals surface area (Å²) in [5.74, 6) is 0.00399.